The van der Waals surface area contributed by atoms with Crippen LogP contribution in [0.2, 0.25) is 0 Å². The van der Waals surface area contributed by atoms with Gasteiger partial charge in [0, 0.05) is 28.4 Å². The number of carboxylic acids is 1. The molecule has 2 N–H and O–H groups in total. The molecule has 0 aliphatic carbocycles. The maximum Gasteiger partial charge on any atom is 0.328 e. The third-order valence-electron chi connectivity index (χ3n) is 3.62. The lowest BCUT2D eigenvalue weighted by molar-refractivity contribution is -0.131. The highest BCUT2D eigenvalue weighted by atomic mass is 32.1. The molecular weight excluding hydrogens is 262 g/mol. The van der Waals surface area contributed by atoms with Gasteiger partial charge >= 0.3 is 5.97 Å². The fourth-order valence-electron chi connectivity index (χ4n) is 2.50. The summed E-state index contributed by atoms with van der Waals surface area (Å²) in [5, 5.41) is 18.0. The molecule has 1 fully saturated rings. The first-order valence-electron chi connectivity index (χ1n) is 6.44. The van der Waals surface area contributed by atoms with Crippen LogP contribution in [-0.2, 0) is 11.3 Å². The standard InChI is InChI=1S/C14H19NO3S/c1-10-6-7-15(13(10)9-16)8-12-3-2-11(19-12)4-5-14(17)18/h2-5,10,13,16H,6-9H2,1H3,(H,17,18)/b5-4+. The molecule has 0 bridgehead atoms. The molecule has 1 aliphatic rings. The van der Waals surface area contributed by atoms with Gasteiger partial charge in [-0.3, -0.25) is 4.90 Å². The summed E-state index contributed by atoms with van der Waals surface area (Å²) in [6.07, 6.45) is 3.90. The minimum Gasteiger partial charge on any atom is -0.478 e. The number of rotatable bonds is 5. The molecule has 2 atom stereocenters. The number of carboxylic acid groups (broad SMARTS) is 1. The Kier molecular flexibility index (Phi) is 4.74. The van der Waals surface area contributed by atoms with E-state index in [1.165, 1.54) is 4.88 Å². The number of aliphatic carboxylic acids is 1. The lowest BCUT2D eigenvalue weighted by atomic mass is 10.0. The molecule has 1 aliphatic heterocycles. The van der Waals surface area contributed by atoms with Gasteiger partial charge in [-0.05, 0) is 37.1 Å². The van der Waals surface area contributed by atoms with Crippen molar-refractivity contribution < 1.29 is 15.0 Å². The Morgan fingerprint density at radius 1 is 1.58 bits per heavy atom. The highest BCUT2D eigenvalue weighted by Crippen LogP contribution is 2.27. The molecular formula is C14H19NO3S. The summed E-state index contributed by atoms with van der Waals surface area (Å²) in [7, 11) is 0. The van der Waals surface area contributed by atoms with Gasteiger partial charge in [-0.1, -0.05) is 6.92 Å². The van der Waals surface area contributed by atoms with Crippen molar-refractivity contribution in [1.29, 1.82) is 0 Å². The number of aliphatic hydroxyl groups excluding tert-OH is 1. The zero-order chi connectivity index (χ0) is 13.8. The number of thiophene rings is 1. The van der Waals surface area contributed by atoms with Gasteiger partial charge in [0.2, 0.25) is 0 Å². The van der Waals surface area contributed by atoms with E-state index in [2.05, 4.69) is 11.8 Å². The van der Waals surface area contributed by atoms with Crippen LogP contribution in [0.4, 0.5) is 0 Å². The van der Waals surface area contributed by atoms with Gasteiger partial charge in [0.1, 0.15) is 0 Å². The number of carbonyl (C=O) groups is 1. The van der Waals surface area contributed by atoms with E-state index in [4.69, 9.17) is 5.11 Å². The summed E-state index contributed by atoms with van der Waals surface area (Å²) >= 11 is 1.60. The first kappa shape index (κ1) is 14.2. The lowest BCUT2D eigenvalue weighted by Crippen LogP contribution is -2.34. The van der Waals surface area contributed by atoms with Crippen molar-refractivity contribution >= 4 is 23.4 Å². The molecule has 2 unspecified atom stereocenters. The highest BCUT2D eigenvalue weighted by molar-refractivity contribution is 7.12. The number of aliphatic hydroxyl groups is 1. The molecule has 19 heavy (non-hydrogen) atoms. The van der Waals surface area contributed by atoms with E-state index in [-0.39, 0.29) is 12.6 Å². The molecule has 2 rings (SSSR count). The fourth-order valence-corrected chi connectivity index (χ4v) is 3.44. The van der Waals surface area contributed by atoms with E-state index < -0.39 is 5.97 Å². The molecule has 1 aromatic heterocycles. The van der Waals surface area contributed by atoms with Crippen LogP contribution < -0.4 is 0 Å². The molecule has 0 spiro atoms. The third-order valence-corrected chi connectivity index (χ3v) is 4.65. The molecule has 1 saturated heterocycles. The van der Waals surface area contributed by atoms with Crippen LogP contribution in [-0.4, -0.2) is 40.3 Å². The predicted molar refractivity (Wildman–Crippen MR) is 76.1 cm³/mol. The normalized spacial score (nSPS) is 24.3. The second-order valence-electron chi connectivity index (χ2n) is 4.96. The van der Waals surface area contributed by atoms with Crippen LogP contribution >= 0.6 is 11.3 Å². The van der Waals surface area contributed by atoms with E-state index in [9.17, 15) is 9.90 Å². The maximum absolute atomic E-state index is 10.5. The summed E-state index contributed by atoms with van der Waals surface area (Å²) in [6.45, 7) is 4.24. The molecule has 5 heteroatoms. The first-order valence-corrected chi connectivity index (χ1v) is 7.26. The van der Waals surface area contributed by atoms with Gasteiger partial charge in [0.25, 0.3) is 0 Å². The van der Waals surface area contributed by atoms with E-state index >= 15 is 0 Å². The Bertz CT molecular complexity index is 469. The molecule has 104 valence electrons. The second kappa shape index (κ2) is 6.32. The van der Waals surface area contributed by atoms with E-state index in [1.54, 1.807) is 17.4 Å². The highest BCUT2D eigenvalue weighted by Gasteiger charge is 2.30. The van der Waals surface area contributed by atoms with Crippen LogP contribution in [0.1, 0.15) is 23.1 Å². The SMILES string of the molecule is CC1CCN(Cc2ccc(/C=C/C(=O)O)s2)C1CO. The van der Waals surface area contributed by atoms with Crippen LogP contribution in [0.3, 0.4) is 0 Å². The quantitative estimate of drug-likeness (QED) is 0.811. The van der Waals surface area contributed by atoms with Crippen molar-refractivity contribution in [3.63, 3.8) is 0 Å². The smallest absolute Gasteiger partial charge is 0.328 e. The average molecular weight is 281 g/mol. The summed E-state index contributed by atoms with van der Waals surface area (Å²) in [5.74, 6) is -0.389. The number of hydrogen-bond acceptors (Lipinski definition) is 4. The first-order chi connectivity index (χ1) is 9.10. The molecule has 4 nitrogen and oxygen atoms in total. The van der Waals surface area contributed by atoms with Gasteiger partial charge in [-0.2, -0.15) is 0 Å². The van der Waals surface area contributed by atoms with Crippen LogP contribution in [0.5, 0.6) is 0 Å². The van der Waals surface area contributed by atoms with Crippen molar-refractivity contribution in [2.45, 2.75) is 25.9 Å². The summed E-state index contributed by atoms with van der Waals surface area (Å²) in [5.41, 5.74) is 0. The average Bonchev–Trinajstić information content (AvgIpc) is 2.95. The van der Waals surface area contributed by atoms with Crippen LogP contribution in [0.15, 0.2) is 18.2 Å². The third kappa shape index (κ3) is 3.65. The molecule has 0 saturated carbocycles. The molecule has 0 amide bonds. The fraction of sp³-hybridized carbons (Fsp3) is 0.500. The van der Waals surface area contributed by atoms with Crippen molar-refractivity contribution in [2.75, 3.05) is 13.2 Å². The van der Waals surface area contributed by atoms with Crippen LogP contribution in [0.25, 0.3) is 6.08 Å². The van der Waals surface area contributed by atoms with E-state index in [0.29, 0.717) is 5.92 Å². The monoisotopic (exact) mass is 281 g/mol. The Balaban J connectivity index is 1.98. The van der Waals surface area contributed by atoms with E-state index in [0.717, 1.165) is 30.5 Å². The number of hydrogen-bond donors (Lipinski definition) is 2. The Morgan fingerprint density at radius 2 is 2.37 bits per heavy atom. The largest absolute Gasteiger partial charge is 0.478 e. The van der Waals surface area contributed by atoms with Crippen molar-refractivity contribution in [3.8, 4) is 0 Å². The van der Waals surface area contributed by atoms with Crippen molar-refractivity contribution in [2.24, 2.45) is 5.92 Å². The second-order valence-corrected chi connectivity index (χ2v) is 6.16. The summed E-state index contributed by atoms with van der Waals surface area (Å²) < 4.78 is 0. The zero-order valence-electron chi connectivity index (χ0n) is 11.0. The molecule has 1 aromatic rings. The number of nitrogens with zero attached hydrogens (tertiary/aromatic N) is 1. The topological polar surface area (TPSA) is 60.8 Å². The van der Waals surface area contributed by atoms with Gasteiger partial charge in [-0.15, -0.1) is 11.3 Å². The van der Waals surface area contributed by atoms with Gasteiger partial charge in [-0.25, -0.2) is 4.79 Å². The summed E-state index contributed by atoms with van der Waals surface area (Å²) in [4.78, 5) is 14.9. The van der Waals surface area contributed by atoms with Crippen molar-refractivity contribution in [3.05, 3.63) is 28.0 Å². The molecule has 2 heterocycles. The maximum atomic E-state index is 10.5. The molecule has 0 aromatic carbocycles. The zero-order valence-corrected chi connectivity index (χ0v) is 11.8. The Labute approximate surface area is 117 Å². The number of likely N-dealkylation sites (tertiary alicyclic amines) is 1. The lowest BCUT2D eigenvalue weighted by Gasteiger charge is -2.24. The minimum absolute atomic E-state index is 0.207. The van der Waals surface area contributed by atoms with Gasteiger partial charge in [0.05, 0.1) is 6.61 Å². The molecule has 0 radical (unpaired) electrons. The van der Waals surface area contributed by atoms with E-state index in [1.807, 2.05) is 12.1 Å². The summed E-state index contributed by atoms with van der Waals surface area (Å²) in [6, 6.07) is 4.22. The predicted octanol–water partition coefficient (Wildman–Crippen LogP) is 2.05. The van der Waals surface area contributed by atoms with Gasteiger partial charge in [0.15, 0.2) is 0 Å². The Hall–Kier alpha value is -1.17. The van der Waals surface area contributed by atoms with Crippen LogP contribution in [0, 0.1) is 5.92 Å². The van der Waals surface area contributed by atoms with Crippen molar-refractivity contribution in [1.82, 2.24) is 4.90 Å². The minimum atomic E-state index is -0.927. The Morgan fingerprint density at radius 3 is 3.05 bits per heavy atom. The van der Waals surface area contributed by atoms with Gasteiger partial charge < -0.3 is 10.2 Å².